The van der Waals surface area contributed by atoms with Crippen LogP contribution in [0.2, 0.25) is 5.02 Å². The minimum Gasteiger partial charge on any atom is -0.349 e. The van der Waals surface area contributed by atoms with Gasteiger partial charge in [-0.1, -0.05) is 17.7 Å². The highest BCUT2D eigenvalue weighted by Gasteiger charge is 2.22. The Morgan fingerprint density at radius 2 is 1.78 bits per heavy atom. The van der Waals surface area contributed by atoms with Crippen molar-refractivity contribution in [3.63, 3.8) is 0 Å². The summed E-state index contributed by atoms with van der Waals surface area (Å²) in [6, 6.07) is 9.36. The number of Topliss-reactive ketones (excluding diaryl/α,β-unsaturated/α-hetero) is 2. The van der Waals surface area contributed by atoms with Crippen LogP contribution in [0.25, 0.3) is 0 Å². The molecule has 1 aliphatic heterocycles. The zero-order valence-corrected chi connectivity index (χ0v) is 24.9. The summed E-state index contributed by atoms with van der Waals surface area (Å²) in [5.41, 5.74) is 2.47. The molecule has 0 unspecified atom stereocenters. The van der Waals surface area contributed by atoms with Gasteiger partial charge in [-0.05, 0) is 114 Å². The van der Waals surface area contributed by atoms with Crippen LogP contribution in [0.1, 0.15) is 60.5 Å². The molecule has 41 heavy (non-hydrogen) atoms. The number of likely N-dealkylation sites (tertiary alicyclic amines) is 1. The topological polar surface area (TPSA) is 98.8 Å². The zero-order valence-electron chi connectivity index (χ0n) is 24.1. The fourth-order valence-corrected chi connectivity index (χ4v) is 5.11. The van der Waals surface area contributed by atoms with Crippen LogP contribution in [0.4, 0.5) is 10.1 Å². The number of hydrogen-bond donors (Lipinski definition) is 2. The van der Waals surface area contributed by atoms with Crippen molar-refractivity contribution in [1.82, 2.24) is 15.1 Å². The van der Waals surface area contributed by atoms with E-state index in [1.54, 1.807) is 19.1 Å². The van der Waals surface area contributed by atoms with Crippen molar-refractivity contribution < 1.29 is 23.6 Å². The summed E-state index contributed by atoms with van der Waals surface area (Å²) in [7, 11) is 3.90. The third kappa shape index (κ3) is 10.6. The first-order chi connectivity index (χ1) is 19.5. The van der Waals surface area contributed by atoms with Gasteiger partial charge in [-0.15, -0.1) is 0 Å². The van der Waals surface area contributed by atoms with E-state index in [4.69, 9.17) is 11.6 Å². The Hall–Kier alpha value is -3.14. The molecule has 8 nitrogen and oxygen atoms in total. The monoisotopic (exact) mass is 586 g/mol. The number of piperidine rings is 1. The number of carbonyl (C=O) groups excluding carboxylic acids is 4. The number of halogens is 2. The fourth-order valence-electron chi connectivity index (χ4n) is 4.99. The molecule has 0 atom stereocenters. The molecule has 0 spiro atoms. The molecule has 3 rings (SSSR count). The highest BCUT2D eigenvalue weighted by Crippen LogP contribution is 2.25. The molecule has 1 fully saturated rings. The zero-order chi connectivity index (χ0) is 29.9. The number of ketones is 2. The van der Waals surface area contributed by atoms with Crippen molar-refractivity contribution in [1.29, 1.82) is 0 Å². The Labute approximate surface area is 246 Å². The predicted molar refractivity (Wildman–Crippen MR) is 159 cm³/mol. The largest absolute Gasteiger partial charge is 0.349 e. The average Bonchev–Trinajstić information content (AvgIpc) is 2.92. The number of anilines is 1. The molecule has 1 aliphatic rings. The standard InChI is InChI=1S/C31H40ClFN4O4/c1-21(38)17-22-11-15-37(16-12-22)20-25-18-24(30(40)35-26-8-9-27(32)28(33)19-26)6-5-23(25)7-10-29(39)31(41)34-13-4-14-36(2)3/h5-6,8-9,18-19,22H,4,7,10-17,20H2,1-3H3,(H,34,41)(H,35,40). The van der Waals surface area contributed by atoms with E-state index in [-0.39, 0.29) is 22.9 Å². The van der Waals surface area contributed by atoms with Gasteiger partial charge in [0.15, 0.2) is 0 Å². The van der Waals surface area contributed by atoms with E-state index in [0.29, 0.717) is 37.4 Å². The molecule has 222 valence electrons. The Balaban J connectivity index is 1.70. The summed E-state index contributed by atoms with van der Waals surface area (Å²) in [5.74, 6) is -1.49. The van der Waals surface area contributed by atoms with Gasteiger partial charge in [0, 0.05) is 37.2 Å². The fraction of sp³-hybridized carbons (Fsp3) is 0.484. The van der Waals surface area contributed by atoms with Crippen LogP contribution in [0.5, 0.6) is 0 Å². The SMILES string of the molecule is CC(=O)CC1CCN(Cc2cc(C(=O)Nc3ccc(Cl)c(F)c3)ccc2CCC(=O)C(=O)NCCCN(C)C)CC1. The summed E-state index contributed by atoms with van der Waals surface area (Å²) < 4.78 is 13.9. The van der Waals surface area contributed by atoms with E-state index >= 15 is 0 Å². The van der Waals surface area contributed by atoms with Crippen LogP contribution in [0.15, 0.2) is 36.4 Å². The number of benzene rings is 2. The second-order valence-electron chi connectivity index (χ2n) is 11.0. The van der Waals surface area contributed by atoms with Crippen LogP contribution >= 0.6 is 11.6 Å². The van der Waals surface area contributed by atoms with E-state index in [0.717, 1.165) is 56.1 Å². The van der Waals surface area contributed by atoms with Crippen molar-refractivity contribution in [2.75, 3.05) is 45.6 Å². The van der Waals surface area contributed by atoms with Crippen LogP contribution in [-0.2, 0) is 27.3 Å². The van der Waals surface area contributed by atoms with E-state index in [1.807, 2.05) is 25.1 Å². The Kier molecular flexibility index (Phi) is 12.4. The minimum atomic E-state index is -0.625. The smallest absolute Gasteiger partial charge is 0.287 e. The highest BCUT2D eigenvalue weighted by molar-refractivity contribution is 6.36. The van der Waals surface area contributed by atoms with E-state index in [1.165, 1.54) is 12.1 Å². The number of amides is 2. The van der Waals surface area contributed by atoms with Crippen LogP contribution in [-0.4, -0.2) is 73.5 Å². The molecule has 0 saturated carbocycles. The van der Waals surface area contributed by atoms with Gasteiger partial charge in [0.2, 0.25) is 5.78 Å². The van der Waals surface area contributed by atoms with E-state index < -0.39 is 23.4 Å². The molecule has 1 heterocycles. The van der Waals surface area contributed by atoms with Gasteiger partial charge in [-0.25, -0.2) is 4.39 Å². The third-order valence-corrected chi connectivity index (χ3v) is 7.57. The first-order valence-electron chi connectivity index (χ1n) is 14.1. The molecule has 0 bridgehead atoms. The van der Waals surface area contributed by atoms with Crippen LogP contribution < -0.4 is 10.6 Å². The summed E-state index contributed by atoms with van der Waals surface area (Å²) in [6.45, 7) is 5.10. The lowest BCUT2D eigenvalue weighted by molar-refractivity contribution is -0.137. The first kappa shape index (κ1) is 32.4. The van der Waals surface area contributed by atoms with Gasteiger partial charge in [0.05, 0.1) is 5.02 Å². The van der Waals surface area contributed by atoms with Crippen LogP contribution in [0.3, 0.4) is 0 Å². The van der Waals surface area contributed by atoms with Gasteiger partial charge in [0.25, 0.3) is 11.8 Å². The maximum atomic E-state index is 13.9. The Morgan fingerprint density at radius 1 is 1.05 bits per heavy atom. The molecule has 2 aromatic carbocycles. The first-order valence-corrected chi connectivity index (χ1v) is 14.5. The number of nitrogens with zero attached hydrogens (tertiary/aromatic N) is 2. The maximum absolute atomic E-state index is 13.9. The lowest BCUT2D eigenvalue weighted by Crippen LogP contribution is -2.34. The van der Waals surface area contributed by atoms with Gasteiger partial charge in [0.1, 0.15) is 11.6 Å². The van der Waals surface area contributed by atoms with E-state index in [2.05, 4.69) is 15.5 Å². The van der Waals surface area contributed by atoms with Crippen molar-refractivity contribution in [3.05, 3.63) is 63.9 Å². The Morgan fingerprint density at radius 3 is 2.44 bits per heavy atom. The molecule has 0 radical (unpaired) electrons. The minimum absolute atomic E-state index is 0.0292. The quantitative estimate of drug-likeness (QED) is 0.250. The highest BCUT2D eigenvalue weighted by atomic mass is 35.5. The van der Waals surface area contributed by atoms with Crippen molar-refractivity contribution in [2.45, 2.75) is 52.0 Å². The van der Waals surface area contributed by atoms with Gasteiger partial charge in [-0.2, -0.15) is 0 Å². The molecule has 2 aromatic rings. The van der Waals surface area contributed by atoms with Crippen molar-refractivity contribution in [2.24, 2.45) is 5.92 Å². The average molecular weight is 587 g/mol. The van der Waals surface area contributed by atoms with Gasteiger partial charge < -0.3 is 20.3 Å². The molecule has 2 amide bonds. The molecular formula is C31H40ClFN4O4. The van der Waals surface area contributed by atoms with E-state index in [9.17, 15) is 23.6 Å². The summed E-state index contributed by atoms with van der Waals surface area (Å²) in [5, 5.41) is 5.37. The maximum Gasteiger partial charge on any atom is 0.287 e. The van der Waals surface area contributed by atoms with Gasteiger partial charge in [-0.3, -0.25) is 19.3 Å². The second-order valence-corrected chi connectivity index (χ2v) is 11.4. The molecule has 10 heteroatoms. The molecule has 0 aliphatic carbocycles. The number of hydrogen-bond acceptors (Lipinski definition) is 6. The number of rotatable bonds is 14. The normalized spacial score (nSPS) is 14.2. The predicted octanol–water partition coefficient (Wildman–Crippen LogP) is 4.49. The summed E-state index contributed by atoms with van der Waals surface area (Å²) >= 11 is 5.75. The lowest BCUT2D eigenvalue weighted by atomic mass is 9.91. The number of nitrogens with one attached hydrogen (secondary N) is 2. The summed E-state index contributed by atoms with van der Waals surface area (Å²) in [4.78, 5) is 53.7. The number of aryl methyl sites for hydroxylation is 1. The second kappa shape index (κ2) is 15.7. The van der Waals surface area contributed by atoms with Gasteiger partial charge >= 0.3 is 0 Å². The summed E-state index contributed by atoms with van der Waals surface area (Å²) in [6.07, 6.45) is 3.62. The van der Waals surface area contributed by atoms with Crippen LogP contribution in [0, 0.1) is 11.7 Å². The molecular weight excluding hydrogens is 547 g/mol. The third-order valence-electron chi connectivity index (χ3n) is 7.27. The van der Waals surface area contributed by atoms with Crippen molar-refractivity contribution >= 4 is 40.7 Å². The molecule has 2 N–H and O–H groups in total. The molecule has 1 saturated heterocycles. The Bertz CT molecular complexity index is 1240. The number of carbonyl (C=O) groups is 4. The van der Waals surface area contributed by atoms with Crippen molar-refractivity contribution in [3.8, 4) is 0 Å². The lowest BCUT2D eigenvalue weighted by Gasteiger charge is -2.32. The molecule has 0 aromatic heterocycles.